The predicted molar refractivity (Wildman–Crippen MR) is 76.7 cm³/mol. The van der Waals surface area contributed by atoms with Gasteiger partial charge in [-0.3, -0.25) is 0 Å². The molecule has 0 aliphatic carbocycles. The van der Waals surface area contributed by atoms with Crippen LogP contribution >= 0.6 is 11.6 Å². The lowest BCUT2D eigenvalue weighted by atomic mass is 10.0. The van der Waals surface area contributed by atoms with Gasteiger partial charge in [-0.1, -0.05) is 44.0 Å². The molecule has 96 valence electrons. The van der Waals surface area contributed by atoms with Crippen LogP contribution < -0.4 is 5.32 Å². The van der Waals surface area contributed by atoms with Crippen LogP contribution in [0.1, 0.15) is 39.2 Å². The van der Waals surface area contributed by atoms with Gasteiger partial charge in [0.1, 0.15) is 0 Å². The van der Waals surface area contributed by atoms with Crippen LogP contribution in [0.3, 0.4) is 0 Å². The van der Waals surface area contributed by atoms with E-state index in [0.717, 1.165) is 23.9 Å². The van der Waals surface area contributed by atoms with Crippen LogP contribution in [0.2, 0.25) is 5.02 Å². The Morgan fingerprint density at radius 1 is 1.18 bits per heavy atom. The summed E-state index contributed by atoms with van der Waals surface area (Å²) in [5.74, 6) is 0.771. The number of hydrogen-bond acceptors (Lipinski definition) is 1. The first-order valence-corrected chi connectivity index (χ1v) is 6.97. The largest absolute Gasteiger partial charge is 0.314 e. The van der Waals surface area contributed by atoms with E-state index >= 15 is 0 Å². The van der Waals surface area contributed by atoms with Crippen molar-refractivity contribution in [1.29, 1.82) is 0 Å². The molecule has 17 heavy (non-hydrogen) atoms. The summed E-state index contributed by atoms with van der Waals surface area (Å²) in [6, 6.07) is 8.66. The van der Waals surface area contributed by atoms with Crippen molar-refractivity contribution in [2.75, 3.05) is 6.54 Å². The lowest BCUT2D eigenvalue weighted by Gasteiger charge is -2.17. The maximum absolute atomic E-state index is 5.87. The highest BCUT2D eigenvalue weighted by atomic mass is 35.5. The Kier molecular flexibility index (Phi) is 6.61. The van der Waals surface area contributed by atoms with Crippen LogP contribution in [-0.4, -0.2) is 12.6 Å². The quantitative estimate of drug-likeness (QED) is 0.764. The average molecular weight is 254 g/mol. The molecule has 1 aromatic rings. The van der Waals surface area contributed by atoms with Crippen molar-refractivity contribution in [2.45, 2.75) is 46.1 Å². The van der Waals surface area contributed by atoms with Gasteiger partial charge >= 0.3 is 0 Å². The van der Waals surface area contributed by atoms with Crippen LogP contribution in [0.25, 0.3) is 0 Å². The summed E-state index contributed by atoms with van der Waals surface area (Å²) in [4.78, 5) is 0. The zero-order valence-corrected chi connectivity index (χ0v) is 11.9. The number of halogens is 1. The molecule has 0 radical (unpaired) electrons. The van der Waals surface area contributed by atoms with Crippen molar-refractivity contribution in [1.82, 2.24) is 5.32 Å². The van der Waals surface area contributed by atoms with Gasteiger partial charge in [-0.2, -0.15) is 0 Å². The molecule has 0 amide bonds. The lowest BCUT2D eigenvalue weighted by molar-refractivity contribution is 0.436. The number of nitrogens with one attached hydrogen (secondary N) is 1. The molecule has 0 aliphatic heterocycles. The molecule has 2 atom stereocenters. The molecule has 2 unspecified atom stereocenters. The van der Waals surface area contributed by atoms with Crippen LogP contribution in [0, 0.1) is 5.92 Å². The Hall–Kier alpha value is -0.530. The smallest absolute Gasteiger partial charge is 0.0406 e. The Labute approximate surface area is 111 Å². The molecule has 2 heteroatoms. The van der Waals surface area contributed by atoms with E-state index in [-0.39, 0.29) is 0 Å². The third-order valence-electron chi connectivity index (χ3n) is 3.05. The van der Waals surface area contributed by atoms with Crippen LogP contribution in [0.4, 0.5) is 0 Å². The van der Waals surface area contributed by atoms with Crippen molar-refractivity contribution in [3.05, 3.63) is 34.9 Å². The third kappa shape index (κ3) is 6.09. The van der Waals surface area contributed by atoms with Gasteiger partial charge in [0.15, 0.2) is 0 Å². The fourth-order valence-corrected chi connectivity index (χ4v) is 2.17. The molecule has 0 saturated carbocycles. The van der Waals surface area contributed by atoms with Crippen molar-refractivity contribution in [3.63, 3.8) is 0 Å². The minimum Gasteiger partial charge on any atom is -0.314 e. The zero-order valence-electron chi connectivity index (χ0n) is 11.2. The third-order valence-corrected chi connectivity index (χ3v) is 3.30. The maximum atomic E-state index is 5.87. The normalized spacial score (nSPS) is 14.6. The Morgan fingerprint density at radius 2 is 1.82 bits per heavy atom. The highest BCUT2D eigenvalue weighted by Gasteiger charge is 2.05. The van der Waals surface area contributed by atoms with Gasteiger partial charge < -0.3 is 5.32 Å². The Bertz CT molecular complexity index is 307. The molecule has 1 rings (SSSR count). The van der Waals surface area contributed by atoms with Gasteiger partial charge in [0.25, 0.3) is 0 Å². The number of benzene rings is 1. The van der Waals surface area contributed by atoms with Gasteiger partial charge in [-0.05, 0) is 49.9 Å². The first-order chi connectivity index (χ1) is 8.11. The predicted octanol–water partition coefficient (Wildman–Crippen LogP) is 4.30. The van der Waals surface area contributed by atoms with Crippen LogP contribution in [0.5, 0.6) is 0 Å². The molecule has 0 bridgehead atoms. The second-order valence-corrected chi connectivity index (χ2v) is 5.47. The molecule has 0 aromatic heterocycles. The monoisotopic (exact) mass is 253 g/mol. The van der Waals surface area contributed by atoms with Gasteiger partial charge in [-0.15, -0.1) is 0 Å². The maximum Gasteiger partial charge on any atom is 0.0406 e. The van der Waals surface area contributed by atoms with E-state index in [1.807, 2.05) is 12.1 Å². The van der Waals surface area contributed by atoms with Crippen molar-refractivity contribution < 1.29 is 0 Å². The summed E-state index contributed by atoms with van der Waals surface area (Å²) in [6.07, 6.45) is 3.64. The van der Waals surface area contributed by atoms with E-state index in [1.165, 1.54) is 18.4 Å². The van der Waals surface area contributed by atoms with E-state index in [9.17, 15) is 0 Å². The minimum atomic E-state index is 0.524. The number of hydrogen-bond donors (Lipinski definition) is 1. The van der Waals surface area contributed by atoms with Crippen molar-refractivity contribution in [2.24, 2.45) is 5.92 Å². The van der Waals surface area contributed by atoms with Gasteiger partial charge in [-0.25, -0.2) is 0 Å². The average Bonchev–Trinajstić information content (AvgIpc) is 2.30. The Morgan fingerprint density at radius 3 is 2.41 bits per heavy atom. The molecular weight excluding hydrogens is 230 g/mol. The molecule has 0 spiro atoms. The minimum absolute atomic E-state index is 0.524. The topological polar surface area (TPSA) is 12.0 Å². The van der Waals surface area contributed by atoms with Crippen molar-refractivity contribution >= 4 is 11.6 Å². The molecular formula is C15H24ClN. The summed E-state index contributed by atoms with van der Waals surface area (Å²) in [5.41, 5.74) is 1.34. The van der Waals surface area contributed by atoms with Gasteiger partial charge in [0.05, 0.1) is 0 Å². The first kappa shape index (κ1) is 14.5. The van der Waals surface area contributed by atoms with E-state index in [2.05, 4.69) is 38.2 Å². The highest BCUT2D eigenvalue weighted by Crippen LogP contribution is 2.11. The summed E-state index contributed by atoms with van der Waals surface area (Å²) >= 11 is 5.87. The molecule has 0 fully saturated rings. The summed E-state index contributed by atoms with van der Waals surface area (Å²) in [7, 11) is 0. The van der Waals surface area contributed by atoms with E-state index < -0.39 is 0 Å². The summed E-state index contributed by atoms with van der Waals surface area (Å²) in [5, 5.41) is 4.41. The van der Waals surface area contributed by atoms with Crippen LogP contribution in [-0.2, 0) is 6.42 Å². The molecule has 1 N–H and O–H groups in total. The summed E-state index contributed by atoms with van der Waals surface area (Å²) < 4.78 is 0. The molecule has 1 aromatic carbocycles. The molecule has 0 aliphatic rings. The standard InChI is InChI=1S/C15H24ClN/c1-4-5-12(2)11-17-13(3)10-14-6-8-15(16)9-7-14/h6-9,12-13,17H,4-5,10-11H2,1-3H3. The lowest BCUT2D eigenvalue weighted by Crippen LogP contribution is -2.31. The zero-order chi connectivity index (χ0) is 12.7. The number of rotatable bonds is 7. The highest BCUT2D eigenvalue weighted by molar-refractivity contribution is 6.30. The second-order valence-electron chi connectivity index (χ2n) is 5.03. The Balaban J connectivity index is 2.29. The second kappa shape index (κ2) is 7.73. The fraction of sp³-hybridized carbons (Fsp3) is 0.600. The fourth-order valence-electron chi connectivity index (χ4n) is 2.04. The van der Waals surface area contributed by atoms with Crippen molar-refractivity contribution in [3.8, 4) is 0 Å². The first-order valence-electron chi connectivity index (χ1n) is 6.59. The summed E-state index contributed by atoms with van der Waals surface area (Å²) in [6.45, 7) is 7.91. The molecule has 0 saturated heterocycles. The SMILES string of the molecule is CCCC(C)CNC(C)Cc1ccc(Cl)cc1. The van der Waals surface area contributed by atoms with Gasteiger partial charge in [0, 0.05) is 11.1 Å². The molecule has 0 heterocycles. The van der Waals surface area contributed by atoms with E-state index in [4.69, 9.17) is 11.6 Å². The van der Waals surface area contributed by atoms with E-state index in [0.29, 0.717) is 6.04 Å². The van der Waals surface area contributed by atoms with E-state index in [1.54, 1.807) is 0 Å². The molecule has 1 nitrogen and oxygen atoms in total. The van der Waals surface area contributed by atoms with Gasteiger partial charge in [0.2, 0.25) is 0 Å². The van der Waals surface area contributed by atoms with Crippen LogP contribution in [0.15, 0.2) is 24.3 Å².